The lowest BCUT2D eigenvalue weighted by atomic mass is 10.1. The second-order valence-electron chi connectivity index (χ2n) is 6.12. The Morgan fingerprint density at radius 2 is 1.81 bits per heavy atom. The lowest BCUT2D eigenvalue weighted by Crippen LogP contribution is -2.23. The highest BCUT2D eigenvalue weighted by Crippen LogP contribution is 2.31. The van der Waals surface area contributed by atoms with Gasteiger partial charge in [-0.2, -0.15) is 5.10 Å². The first kappa shape index (κ1) is 18.5. The number of ether oxygens (including phenoxy) is 1. The fourth-order valence-corrected chi connectivity index (χ4v) is 2.79. The van der Waals surface area contributed by atoms with Crippen LogP contribution >= 0.6 is 0 Å². The Bertz CT molecular complexity index is 902. The summed E-state index contributed by atoms with van der Waals surface area (Å²) in [4.78, 5) is 12.0. The molecule has 0 aliphatic rings. The van der Waals surface area contributed by atoms with Crippen LogP contribution in [0.25, 0.3) is 5.69 Å². The summed E-state index contributed by atoms with van der Waals surface area (Å²) in [7, 11) is 0. The topological polar surface area (TPSA) is 56.2 Å². The molecule has 138 valence electrons. The van der Waals surface area contributed by atoms with E-state index in [4.69, 9.17) is 4.74 Å². The number of hydrogen-bond acceptors (Lipinski definition) is 3. The molecule has 5 heteroatoms. The van der Waals surface area contributed by atoms with Gasteiger partial charge in [-0.1, -0.05) is 42.5 Å². The number of nitrogens with zero attached hydrogens (tertiary/aromatic N) is 2. The van der Waals surface area contributed by atoms with Crippen molar-refractivity contribution in [2.45, 2.75) is 19.8 Å². The number of carbonyl (C=O) groups excluding carboxylic acids is 1. The molecule has 3 rings (SSSR count). The molecule has 1 heterocycles. The molecular formula is C22H23N3O2. The van der Waals surface area contributed by atoms with Gasteiger partial charge >= 0.3 is 0 Å². The van der Waals surface area contributed by atoms with E-state index in [1.165, 1.54) is 0 Å². The Labute approximate surface area is 159 Å². The summed E-state index contributed by atoms with van der Waals surface area (Å²) in [5, 5.41) is 7.47. The van der Waals surface area contributed by atoms with Crippen LogP contribution in [0, 0.1) is 6.92 Å². The average Bonchev–Trinajstić information content (AvgIpc) is 3.01. The van der Waals surface area contributed by atoms with Gasteiger partial charge in [-0.25, -0.2) is 4.68 Å². The average molecular weight is 361 g/mol. The quantitative estimate of drug-likeness (QED) is 0.612. The smallest absolute Gasteiger partial charge is 0.226 e. The van der Waals surface area contributed by atoms with Gasteiger partial charge in [0.1, 0.15) is 5.75 Å². The van der Waals surface area contributed by atoms with Crippen LogP contribution in [0.1, 0.15) is 17.7 Å². The van der Waals surface area contributed by atoms with E-state index in [2.05, 4.69) is 17.0 Å². The van der Waals surface area contributed by atoms with Crippen LogP contribution < -0.4 is 10.1 Å². The molecular weight excluding hydrogens is 338 g/mol. The number of para-hydroxylation sites is 2. The maximum atomic E-state index is 12.0. The molecule has 1 aromatic heterocycles. The highest BCUT2D eigenvalue weighted by molar-refractivity contribution is 5.76. The summed E-state index contributed by atoms with van der Waals surface area (Å²) in [6.45, 7) is 6.02. The van der Waals surface area contributed by atoms with E-state index in [1.54, 1.807) is 10.8 Å². The molecule has 3 aromatic rings. The summed E-state index contributed by atoms with van der Waals surface area (Å²) in [6.07, 6.45) is 2.57. The first-order chi connectivity index (χ1) is 13.2. The van der Waals surface area contributed by atoms with Gasteiger partial charge in [0.2, 0.25) is 11.8 Å². The van der Waals surface area contributed by atoms with E-state index in [1.807, 2.05) is 67.6 Å². The number of aryl methyl sites for hydroxylation is 1. The molecule has 0 radical (unpaired) electrons. The summed E-state index contributed by atoms with van der Waals surface area (Å²) >= 11 is 0. The molecule has 0 bridgehead atoms. The van der Waals surface area contributed by atoms with Crippen molar-refractivity contribution in [2.24, 2.45) is 0 Å². The predicted molar refractivity (Wildman–Crippen MR) is 106 cm³/mol. The number of carbonyl (C=O) groups is 1. The summed E-state index contributed by atoms with van der Waals surface area (Å²) in [6, 6.07) is 19.4. The molecule has 2 aromatic carbocycles. The highest BCUT2D eigenvalue weighted by atomic mass is 16.5. The van der Waals surface area contributed by atoms with Gasteiger partial charge in [0, 0.05) is 18.5 Å². The molecule has 0 saturated carbocycles. The van der Waals surface area contributed by atoms with E-state index in [9.17, 15) is 4.79 Å². The van der Waals surface area contributed by atoms with Crippen LogP contribution in [0.15, 0.2) is 73.3 Å². The van der Waals surface area contributed by atoms with Crippen LogP contribution in [-0.2, 0) is 11.2 Å². The van der Waals surface area contributed by atoms with Crippen LogP contribution in [0.2, 0.25) is 0 Å². The van der Waals surface area contributed by atoms with Crippen molar-refractivity contribution in [1.82, 2.24) is 15.1 Å². The first-order valence-corrected chi connectivity index (χ1v) is 8.93. The predicted octanol–water partition coefficient (Wildman–Crippen LogP) is 4.21. The molecule has 0 aliphatic heterocycles. The van der Waals surface area contributed by atoms with Crippen molar-refractivity contribution in [2.75, 3.05) is 6.54 Å². The van der Waals surface area contributed by atoms with Crippen molar-refractivity contribution >= 4 is 5.91 Å². The van der Waals surface area contributed by atoms with Crippen molar-refractivity contribution < 1.29 is 9.53 Å². The summed E-state index contributed by atoms with van der Waals surface area (Å²) in [5.41, 5.74) is 2.69. The third kappa shape index (κ3) is 4.64. The van der Waals surface area contributed by atoms with Crippen LogP contribution in [0.5, 0.6) is 11.6 Å². The largest absolute Gasteiger partial charge is 0.439 e. The number of nitrogens with one attached hydrogen (secondary N) is 1. The lowest BCUT2D eigenvalue weighted by molar-refractivity contribution is -0.120. The minimum absolute atomic E-state index is 0.0209. The first-order valence-electron chi connectivity index (χ1n) is 8.93. The van der Waals surface area contributed by atoms with Gasteiger partial charge < -0.3 is 10.1 Å². The van der Waals surface area contributed by atoms with E-state index in [0.29, 0.717) is 25.3 Å². The fourth-order valence-electron chi connectivity index (χ4n) is 2.79. The van der Waals surface area contributed by atoms with Gasteiger partial charge in [-0.05, 0) is 37.6 Å². The summed E-state index contributed by atoms with van der Waals surface area (Å²) in [5.74, 6) is 1.35. The van der Waals surface area contributed by atoms with E-state index < -0.39 is 0 Å². The van der Waals surface area contributed by atoms with Crippen LogP contribution in [0.4, 0.5) is 0 Å². The second-order valence-corrected chi connectivity index (χ2v) is 6.12. The van der Waals surface area contributed by atoms with Crippen molar-refractivity contribution in [1.29, 1.82) is 0 Å². The maximum Gasteiger partial charge on any atom is 0.226 e. The maximum absolute atomic E-state index is 12.0. The molecule has 0 spiro atoms. The Hall–Kier alpha value is -3.34. The molecule has 0 fully saturated rings. The molecule has 5 nitrogen and oxygen atoms in total. The molecule has 27 heavy (non-hydrogen) atoms. The Morgan fingerprint density at radius 1 is 1.15 bits per heavy atom. The lowest BCUT2D eigenvalue weighted by Gasteiger charge is -2.11. The number of amides is 1. The van der Waals surface area contributed by atoms with Gasteiger partial charge in [0.05, 0.1) is 11.4 Å². The third-order valence-corrected chi connectivity index (χ3v) is 4.14. The Morgan fingerprint density at radius 3 is 2.48 bits per heavy atom. The highest BCUT2D eigenvalue weighted by Gasteiger charge is 2.19. The zero-order valence-electron chi connectivity index (χ0n) is 15.4. The second kappa shape index (κ2) is 8.85. The SMILES string of the molecule is C=CCNC(=O)CCc1c(C)nn(-c2ccccc2)c1Oc1ccccc1. The molecule has 0 atom stereocenters. The number of hydrogen-bond donors (Lipinski definition) is 1. The molecule has 0 aliphatic carbocycles. The zero-order chi connectivity index (χ0) is 19.1. The standard InChI is InChI=1S/C22H23N3O2/c1-3-16-23-21(26)15-14-20-17(2)24-25(18-10-6-4-7-11-18)22(20)27-19-12-8-5-9-13-19/h3-13H,1,14-16H2,2H3,(H,23,26). The van der Waals surface area contributed by atoms with Crippen molar-refractivity contribution in [3.05, 3.63) is 84.6 Å². The van der Waals surface area contributed by atoms with Crippen LogP contribution in [-0.4, -0.2) is 22.2 Å². The van der Waals surface area contributed by atoms with Crippen molar-refractivity contribution in [3.63, 3.8) is 0 Å². The molecule has 0 unspecified atom stereocenters. The van der Waals surface area contributed by atoms with E-state index >= 15 is 0 Å². The monoisotopic (exact) mass is 361 g/mol. The zero-order valence-corrected chi connectivity index (χ0v) is 15.4. The number of rotatable bonds is 8. The van der Waals surface area contributed by atoms with E-state index in [0.717, 1.165) is 22.7 Å². The summed E-state index contributed by atoms with van der Waals surface area (Å²) < 4.78 is 7.97. The normalized spacial score (nSPS) is 10.4. The molecule has 1 N–H and O–H groups in total. The Balaban J connectivity index is 1.92. The third-order valence-electron chi connectivity index (χ3n) is 4.14. The Kier molecular flexibility index (Phi) is 6.05. The molecule has 0 saturated heterocycles. The van der Waals surface area contributed by atoms with Crippen molar-refractivity contribution in [3.8, 4) is 17.3 Å². The fraction of sp³-hybridized carbons (Fsp3) is 0.182. The molecule has 1 amide bonds. The minimum Gasteiger partial charge on any atom is -0.439 e. The van der Waals surface area contributed by atoms with Gasteiger partial charge in [-0.3, -0.25) is 4.79 Å². The van der Waals surface area contributed by atoms with Crippen LogP contribution in [0.3, 0.4) is 0 Å². The van der Waals surface area contributed by atoms with Gasteiger partial charge in [0.15, 0.2) is 0 Å². The van der Waals surface area contributed by atoms with Gasteiger partial charge in [0.25, 0.3) is 0 Å². The number of aromatic nitrogens is 2. The van der Waals surface area contributed by atoms with E-state index in [-0.39, 0.29) is 5.91 Å². The minimum atomic E-state index is -0.0209. The van der Waals surface area contributed by atoms with Gasteiger partial charge in [-0.15, -0.1) is 6.58 Å². The number of benzene rings is 2.